The lowest BCUT2D eigenvalue weighted by atomic mass is 10.2. The van der Waals surface area contributed by atoms with Gasteiger partial charge in [0.25, 0.3) is 0 Å². The molecule has 3 aromatic rings. The van der Waals surface area contributed by atoms with Crippen LogP contribution < -0.4 is 15.9 Å². The average Bonchev–Trinajstić information content (AvgIpc) is 2.57. The van der Waals surface area contributed by atoms with Crippen molar-refractivity contribution in [2.75, 3.05) is 21.1 Å². The lowest BCUT2D eigenvalue weighted by molar-refractivity contribution is -0.884. The van der Waals surface area contributed by atoms with Gasteiger partial charge in [-0.25, -0.2) is 0 Å². The van der Waals surface area contributed by atoms with Crippen molar-refractivity contribution in [1.82, 2.24) is 0 Å². The molecule has 0 aliphatic heterocycles. The maximum atomic E-state index is 2.32. The molecule has 0 aromatic heterocycles. The van der Waals surface area contributed by atoms with E-state index >= 15 is 0 Å². The predicted octanol–water partition coefficient (Wildman–Crippen LogP) is 3.65. The summed E-state index contributed by atoms with van der Waals surface area (Å²) in [6.07, 6.45) is 0. The molecule has 0 N–H and O–H groups in total. The summed E-state index contributed by atoms with van der Waals surface area (Å²) in [6.45, 7) is 1.05. The van der Waals surface area contributed by atoms with Gasteiger partial charge in [0.2, 0.25) is 0 Å². The zero-order valence-electron chi connectivity index (χ0n) is 14.7. The molecule has 122 valence electrons. The van der Waals surface area contributed by atoms with Crippen molar-refractivity contribution >= 4 is 23.8 Å². The maximum absolute atomic E-state index is 2.32. The summed E-state index contributed by atoms with van der Waals surface area (Å²) in [5.74, 6) is 0. The van der Waals surface area contributed by atoms with Crippen molar-refractivity contribution < 1.29 is 4.48 Å². The molecule has 24 heavy (non-hydrogen) atoms. The molecule has 0 atom stereocenters. The van der Waals surface area contributed by atoms with Crippen molar-refractivity contribution in [2.45, 2.75) is 6.54 Å². The van der Waals surface area contributed by atoms with Gasteiger partial charge in [0.05, 0.1) is 21.1 Å². The molecular weight excluding hydrogens is 309 g/mol. The molecule has 0 unspecified atom stereocenters. The molecular formula is C22H25NP+. The minimum absolute atomic E-state index is 0.497. The van der Waals surface area contributed by atoms with Crippen LogP contribution in [-0.2, 0) is 6.54 Å². The first-order valence-corrected chi connectivity index (χ1v) is 9.67. The summed E-state index contributed by atoms with van der Waals surface area (Å²) < 4.78 is 0.950. The Labute approximate surface area is 146 Å². The Kier molecular flexibility index (Phi) is 5.14. The van der Waals surface area contributed by atoms with Crippen LogP contribution >= 0.6 is 7.92 Å². The Morgan fingerprint density at radius 3 is 1.42 bits per heavy atom. The van der Waals surface area contributed by atoms with Gasteiger partial charge >= 0.3 is 0 Å². The highest BCUT2D eigenvalue weighted by Crippen LogP contribution is 2.32. The molecule has 0 aliphatic rings. The van der Waals surface area contributed by atoms with Crippen LogP contribution in [-0.4, -0.2) is 25.6 Å². The normalized spacial score (nSPS) is 11.7. The quantitative estimate of drug-likeness (QED) is 0.493. The molecule has 0 radical (unpaired) electrons. The van der Waals surface area contributed by atoms with Crippen molar-refractivity contribution in [2.24, 2.45) is 0 Å². The van der Waals surface area contributed by atoms with Gasteiger partial charge in [-0.1, -0.05) is 84.9 Å². The van der Waals surface area contributed by atoms with Gasteiger partial charge in [-0.3, -0.25) is 0 Å². The third-order valence-corrected chi connectivity index (χ3v) is 6.32. The third-order valence-electron chi connectivity index (χ3n) is 3.88. The fourth-order valence-corrected chi connectivity index (χ4v) is 5.18. The van der Waals surface area contributed by atoms with Crippen molar-refractivity contribution in [3.63, 3.8) is 0 Å². The first kappa shape index (κ1) is 16.9. The van der Waals surface area contributed by atoms with Gasteiger partial charge in [0, 0.05) is 5.56 Å². The van der Waals surface area contributed by atoms with Crippen molar-refractivity contribution in [3.05, 3.63) is 90.5 Å². The summed E-state index contributed by atoms with van der Waals surface area (Å²) in [6, 6.07) is 30.9. The van der Waals surface area contributed by atoms with Crippen LogP contribution in [0.3, 0.4) is 0 Å². The molecule has 3 rings (SSSR count). The highest BCUT2D eigenvalue weighted by atomic mass is 31.1. The third kappa shape index (κ3) is 4.32. The lowest BCUT2D eigenvalue weighted by Crippen LogP contribution is -2.33. The molecule has 0 amide bonds. The van der Waals surface area contributed by atoms with E-state index in [4.69, 9.17) is 0 Å². The van der Waals surface area contributed by atoms with Crippen LogP contribution in [0.25, 0.3) is 0 Å². The Morgan fingerprint density at radius 2 is 1.00 bits per heavy atom. The molecule has 0 spiro atoms. The van der Waals surface area contributed by atoms with E-state index in [0.29, 0.717) is 0 Å². The van der Waals surface area contributed by atoms with Crippen LogP contribution in [0, 0.1) is 0 Å². The number of quaternary nitrogens is 1. The second-order valence-corrected chi connectivity index (χ2v) is 9.34. The standard InChI is InChI=1S/C22H25NP/c1-23(2,3)18-19-14-16-22(17-15-19)24(20-10-6-4-7-11-20)21-12-8-5-9-13-21/h4-17H,18H2,1-3H3/q+1. The van der Waals surface area contributed by atoms with E-state index in [1.807, 2.05) is 0 Å². The molecule has 3 aromatic carbocycles. The topological polar surface area (TPSA) is 0 Å². The monoisotopic (exact) mass is 334 g/mol. The Bertz CT molecular complexity index is 719. The molecule has 2 heteroatoms. The van der Waals surface area contributed by atoms with E-state index in [0.717, 1.165) is 11.0 Å². The summed E-state index contributed by atoms with van der Waals surface area (Å²) in [5, 5.41) is 4.21. The van der Waals surface area contributed by atoms with Crippen LogP contribution in [0.4, 0.5) is 0 Å². The van der Waals surface area contributed by atoms with E-state index in [1.165, 1.54) is 21.5 Å². The van der Waals surface area contributed by atoms with Gasteiger partial charge in [-0.15, -0.1) is 0 Å². The first-order valence-electron chi connectivity index (χ1n) is 8.32. The average molecular weight is 334 g/mol. The zero-order chi connectivity index (χ0) is 17.0. The predicted molar refractivity (Wildman–Crippen MR) is 107 cm³/mol. The fraction of sp³-hybridized carbons (Fsp3) is 0.182. The van der Waals surface area contributed by atoms with E-state index in [-0.39, 0.29) is 0 Å². The van der Waals surface area contributed by atoms with Gasteiger partial charge in [0.15, 0.2) is 0 Å². The smallest absolute Gasteiger partial charge is 0.104 e. The van der Waals surface area contributed by atoms with Gasteiger partial charge in [-0.05, 0) is 23.8 Å². The minimum atomic E-state index is -0.497. The van der Waals surface area contributed by atoms with Crippen molar-refractivity contribution in [1.29, 1.82) is 0 Å². The number of nitrogens with zero attached hydrogens (tertiary/aromatic N) is 1. The van der Waals surface area contributed by atoms with Crippen molar-refractivity contribution in [3.8, 4) is 0 Å². The summed E-state index contributed by atoms with van der Waals surface area (Å²) in [4.78, 5) is 0. The second kappa shape index (κ2) is 7.30. The largest absolute Gasteiger partial charge is 0.327 e. The highest BCUT2D eigenvalue weighted by molar-refractivity contribution is 7.79. The van der Waals surface area contributed by atoms with E-state index in [9.17, 15) is 0 Å². The summed E-state index contributed by atoms with van der Waals surface area (Å²) >= 11 is 0. The van der Waals surface area contributed by atoms with Crippen LogP contribution in [0.1, 0.15) is 5.56 Å². The lowest BCUT2D eigenvalue weighted by Gasteiger charge is -2.24. The van der Waals surface area contributed by atoms with Gasteiger partial charge < -0.3 is 4.48 Å². The molecule has 1 nitrogen and oxygen atoms in total. The van der Waals surface area contributed by atoms with Gasteiger partial charge in [-0.2, -0.15) is 0 Å². The highest BCUT2D eigenvalue weighted by Gasteiger charge is 2.16. The molecule has 0 saturated carbocycles. The molecule has 0 aliphatic carbocycles. The Balaban J connectivity index is 1.98. The molecule has 0 saturated heterocycles. The minimum Gasteiger partial charge on any atom is -0.327 e. The molecule has 0 bridgehead atoms. The first-order chi connectivity index (χ1) is 11.5. The molecule has 0 heterocycles. The fourth-order valence-electron chi connectivity index (χ4n) is 2.90. The number of benzene rings is 3. The SMILES string of the molecule is C[N+](C)(C)Cc1ccc(P(c2ccccc2)c2ccccc2)cc1. The van der Waals surface area contributed by atoms with E-state index < -0.39 is 7.92 Å². The van der Waals surface area contributed by atoms with Crippen LogP contribution in [0.15, 0.2) is 84.9 Å². The summed E-state index contributed by atoms with van der Waals surface area (Å²) in [5.41, 5.74) is 1.39. The molecule has 0 fully saturated rings. The summed E-state index contributed by atoms with van der Waals surface area (Å²) in [7, 11) is 6.20. The number of hydrogen-bond donors (Lipinski definition) is 0. The maximum Gasteiger partial charge on any atom is 0.104 e. The second-order valence-electron chi connectivity index (χ2n) is 7.12. The Morgan fingerprint density at radius 1 is 0.583 bits per heavy atom. The van der Waals surface area contributed by atoms with E-state index in [2.05, 4.69) is 106 Å². The van der Waals surface area contributed by atoms with E-state index in [1.54, 1.807) is 0 Å². The zero-order valence-corrected chi connectivity index (χ0v) is 15.6. The van der Waals surface area contributed by atoms with Crippen LogP contribution in [0.5, 0.6) is 0 Å². The van der Waals surface area contributed by atoms with Crippen LogP contribution in [0.2, 0.25) is 0 Å². The van der Waals surface area contributed by atoms with Gasteiger partial charge in [0.1, 0.15) is 6.54 Å². The Hall–Kier alpha value is -1.95. The number of hydrogen-bond acceptors (Lipinski definition) is 0. The number of rotatable bonds is 5.